The number of halogens is 2. The lowest BCUT2D eigenvalue weighted by Gasteiger charge is -1.91. The Bertz CT molecular complexity index is 237. The van der Waals surface area contributed by atoms with Gasteiger partial charge < -0.3 is 11.5 Å². The summed E-state index contributed by atoms with van der Waals surface area (Å²) in [5, 5.41) is 0. The summed E-state index contributed by atoms with van der Waals surface area (Å²) in [7, 11) is 0. The summed E-state index contributed by atoms with van der Waals surface area (Å²) < 4.78 is 24.4. The average Bonchev–Trinajstić information content (AvgIpc) is 2.29. The van der Waals surface area contributed by atoms with Gasteiger partial charge in [-0.1, -0.05) is 26.7 Å². The predicted molar refractivity (Wildman–Crippen MR) is 74.4 cm³/mol. The van der Waals surface area contributed by atoms with Crippen molar-refractivity contribution in [3.63, 3.8) is 0 Å². The highest BCUT2D eigenvalue weighted by molar-refractivity contribution is 5.15. The van der Waals surface area contributed by atoms with Crippen LogP contribution in [-0.4, -0.2) is 13.1 Å². The molecule has 0 atom stereocenters. The van der Waals surface area contributed by atoms with E-state index in [1.165, 1.54) is 25.0 Å². The zero-order chi connectivity index (χ0) is 14.4. The minimum atomic E-state index is -0.521. The highest BCUT2D eigenvalue weighted by Crippen LogP contribution is 2.05. The first-order valence-corrected chi connectivity index (χ1v) is 6.34. The van der Waals surface area contributed by atoms with Crippen LogP contribution in [0.3, 0.4) is 0 Å². The Balaban J connectivity index is 0. The zero-order valence-electron chi connectivity index (χ0n) is 11.7. The SMILES string of the molecule is CCCC.Cc1cc(F)cc(F)c1.NCCCN. The largest absolute Gasteiger partial charge is 0.330 e. The van der Waals surface area contributed by atoms with Crippen molar-refractivity contribution in [1.82, 2.24) is 0 Å². The lowest BCUT2D eigenvalue weighted by atomic mass is 10.2. The van der Waals surface area contributed by atoms with E-state index in [0.29, 0.717) is 5.56 Å². The number of hydrogen-bond acceptors (Lipinski definition) is 2. The van der Waals surface area contributed by atoms with Gasteiger partial charge in [0.2, 0.25) is 0 Å². The molecule has 1 aromatic rings. The molecule has 4 heteroatoms. The van der Waals surface area contributed by atoms with E-state index in [9.17, 15) is 8.78 Å². The normalized spacial score (nSPS) is 8.83. The highest BCUT2D eigenvalue weighted by atomic mass is 19.1. The van der Waals surface area contributed by atoms with Gasteiger partial charge in [-0.3, -0.25) is 0 Å². The van der Waals surface area contributed by atoms with E-state index in [1.807, 2.05) is 0 Å². The molecule has 0 amide bonds. The van der Waals surface area contributed by atoms with Crippen LogP contribution in [0.25, 0.3) is 0 Å². The van der Waals surface area contributed by atoms with Gasteiger partial charge in [0.15, 0.2) is 0 Å². The molecule has 2 nitrogen and oxygen atoms in total. The molecule has 1 aromatic carbocycles. The van der Waals surface area contributed by atoms with Crippen molar-refractivity contribution < 1.29 is 8.78 Å². The van der Waals surface area contributed by atoms with Crippen molar-refractivity contribution in [2.24, 2.45) is 11.5 Å². The van der Waals surface area contributed by atoms with Crippen LogP contribution in [0.1, 0.15) is 38.7 Å². The lowest BCUT2D eigenvalue weighted by Crippen LogP contribution is -2.06. The number of benzene rings is 1. The van der Waals surface area contributed by atoms with E-state index < -0.39 is 11.6 Å². The van der Waals surface area contributed by atoms with E-state index in [0.717, 1.165) is 25.6 Å². The third-order valence-corrected chi connectivity index (χ3v) is 1.92. The van der Waals surface area contributed by atoms with Crippen LogP contribution in [0, 0.1) is 18.6 Å². The second-order valence-electron chi connectivity index (χ2n) is 3.88. The number of hydrogen-bond donors (Lipinski definition) is 2. The maximum Gasteiger partial charge on any atom is 0.126 e. The zero-order valence-corrected chi connectivity index (χ0v) is 11.7. The topological polar surface area (TPSA) is 52.0 Å². The van der Waals surface area contributed by atoms with Crippen molar-refractivity contribution in [1.29, 1.82) is 0 Å². The van der Waals surface area contributed by atoms with Crippen LogP contribution >= 0.6 is 0 Å². The Morgan fingerprint density at radius 3 is 1.44 bits per heavy atom. The predicted octanol–water partition coefficient (Wildman–Crippen LogP) is 3.37. The third kappa shape index (κ3) is 15.0. The first kappa shape index (κ1) is 19.3. The molecule has 106 valence electrons. The summed E-state index contributed by atoms with van der Waals surface area (Å²) in [6.07, 6.45) is 3.58. The van der Waals surface area contributed by atoms with E-state index in [-0.39, 0.29) is 0 Å². The van der Waals surface area contributed by atoms with Crippen molar-refractivity contribution in [3.05, 3.63) is 35.4 Å². The Kier molecular flexibility index (Phi) is 15.1. The van der Waals surface area contributed by atoms with Crippen LogP contribution in [0.15, 0.2) is 18.2 Å². The van der Waals surface area contributed by atoms with Gasteiger partial charge >= 0.3 is 0 Å². The Morgan fingerprint density at radius 2 is 1.28 bits per heavy atom. The molecule has 1 rings (SSSR count). The number of aryl methyl sites for hydroxylation is 1. The van der Waals surface area contributed by atoms with Crippen LogP contribution in [-0.2, 0) is 0 Å². The van der Waals surface area contributed by atoms with Gasteiger partial charge in [-0.2, -0.15) is 0 Å². The molecule has 18 heavy (non-hydrogen) atoms. The van der Waals surface area contributed by atoms with Gasteiger partial charge in [0, 0.05) is 6.07 Å². The molecule has 0 spiro atoms. The summed E-state index contributed by atoms with van der Waals surface area (Å²) in [5.41, 5.74) is 10.7. The summed E-state index contributed by atoms with van der Waals surface area (Å²) >= 11 is 0. The molecule has 4 N–H and O–H groups in total. The highest BCUT2D eigenvalue weighted by Gasteiger charge is 1.93. The van der Waals surface area contributed by atoms with Crippen LogP contribution in [0.2, 0.25) is 0 Å². The quantitative estimate of drug-likeness (QED) is 0.875. The summed E-state index contributed by atoms with van der Waals surface area (Å²) in [6.45, 7) is 7.44. The van der Waals surface area contributed by atoms with Crippen molar-refractivity contribution in [2.75, 3.05) is 13.1 Å². The molecule has 0 aliphatic rings. The van der Waals surface area contributed by atoms with Gasteiger partial charge in [0.25, 0.3) is 0 Å². The van der Waals surface area contributed by atoms with Gasteiger partial charge in [-0.15, -0.1) is 0 Å². The van der Waals surface area contributed by atoms with Crippen LogP contribution in [0.5, 0.6) is 0 Å². The van der Waals surface area contributed by atoms with Crippen molar-refractivity contribution in [3.8, 4) is 0 Å². The number of nitrogens with two attached hydrogens (primary N) is 2. The van der Waals surface area contributed by atoms with E-state index >= 15 is 0 Å². The second kappa shape index (κ2) is 14.1. The average molecular weight is 260 g/mol. The first-order valence-electron chi connectivity index (χ1n) is 6.34. The van der Waals surface area contributed by atoms with Gasteiger partial charge in [0.05, 0.1) is 0 Å². The standard InChI is InChI=1S/C7H6F2.C4H10.C3H10N2/c1-5-2-6(8)4-7(9)3-5;1-3-4-2;4-2-1-3-5/h2-4H,1H3;3-4H2,1-2H3;1-5H2. The van der Waals surface area contributed by atoms with Crippen LogP contribution in [0.4, 0.5) is 8.78 Å². The van der Waals surface area contributed by atoms with Gasteiger partial charge in [-0.05, 0) is 44.1 Å². The molecule has 0 unspecified atom stereocenters. The molecule has 0 fully saturated rings. The van der Waals surface area contributed by atoms with Gasteiger partial charge in [-0.25, -0.2) is 8.78 Å². The smallest absolute Gasteiger partial charge is 0.126 e. The van der Waals surface area contributed by atoms with Crippen LogP contribution < -0.4 is 11.5 Å². The minimum absolute atomic E-state index is 0.521. The Hall–Kier alpha value is -1.00. The van der Waals surface area contributed by atoms with E-state index in [1.54, 1.807) is 6.92 Å². The molecular formula is C14H26F2N2. The summed E-state index contributed by atoms with van der Waals surface area (Å²) in [6, 6.07) is 3.42. The maximum atomic E-state index is 12.2. The molecule has 0 bridgehead atoms. The van der Waals surface area contributed by atoms with Gasteiger partial charge in [0.1, 0.15) is 11.6 Å². The fraction of sp³-hybridized carbons (Fsp3) is 0.571. The molecule has 0 aromatic heterocycles. The number of unbranched alkanes of at least 4 members (excludes halogenated alkanes) is 1. The minimum Gasteiger partial charge on any atom is -0.330 e. The van der Waals surface area contributed by atoms with Crippen molar-refractivity contribution in [2.45, 2.75) is 40.0 Å². The van der Waals surface area contributed by atoms with E-state index in [4.69, 9.17) is 11.5 Å². The molecule has 0 saturated heterocycles. The first-order chi connectivity index (χ1) is 8.51. The summed E-state index contributed by atoms with van der Waals surface area (Å²) in [4.78, 5) is 0. The molecule has 0 aliphatic carbocycles. The number of rotatable bonds is 3. The fourth-order valence-corrected chi connectivity index (χ4v) is 0.810. The van der Waals surface area contributed by atoms with E-state index in [2.05, 4.69) is 13.8 Å². The Morgan fingerprint density at radius 1 is 0.889 bits per heavy atom. The third-order valence-electron chi connectivity index (χ3n) is 1.92. The second-order valence-corrected chi connectivity index (χ2v) is 3.88. The monoisotopic (exact) mass is 260 g/mol. The maximum absolute atomic E-state index is 12.2. The molecule has 0 heterocycles. The fourth-order valence-electron chi connectivity index (χ4n) is 0.810. The molecule has 0 saturated carbocycles. The molecule has 0 aliphatic heterocycles. The Labute approximate surface area is 109 Å². The lowest BCUT2D eigenvalue weighted by molar-refractivity contribution is 0.581. The molecular weight excluding hydrogens is 234 g/mol. The molecule has 0 radical (unpaired) electrons. The van der Waals surface area contributed by atoms with Crippen molar-refractivity contribution >= 4 is 0 Å². The summed E-state index contributed by atoms with van der Waals surface area (Å²) in [5.74, 6) is -1.04.